The zero-order valence-electron chi connectivity index (χ0n) is 32.2. The van der Waals surface area contributed by atoms with E-state index in [4.69, 9.17) is 26.7 Å². The number of hydrogen-bond acceptors (Lipinski definition) is 10. The van der Waals surface area contributed by atoms with Crippen LogP contribution in [0.2, 0.25) is 0 Å². The third-order valence-corrected chi connectivity index (χ3v) is 8.64. The number of benzene rings is 6. The van der Waals surface area contributed by atoms with Gasteiger partial charge in [0.15, 0.2) is 0 Å². The van der Waals surface area contributed by atoms with Gasteiger partial charge < -0.3 is 36.6 Å². The van der Waals surface area contributed by atoms with Crippen molar-refractivity contribution < 1.29 is 19.2 Å². The van der Waals surface area contributed by atoms with Gasteiger partial charge in [0.25, 0.3) is 5.69 Å². The number of methoxy groups -OCH3 is 2. The number of nitrogens with two attached hydrogens (primary N) is 3. The summed E-state index contributed by atoms with van der Waals surface area (Å²) in [5.74, 6) is 3.29. The average molecular weight is 765 g/mol. The quantitative estimate of drug-likeness (QED) is 0.0468. The van der Waals surface area contributed by atoms with Gasteiger partial charge in [0.05, 0.1) is 52.6 Å². The lowest BCUT2D eigenvalue weighted by molar-refractivity contribution is -0.383. The number of rotatable bonds is 6. The molecule has 2 aromatic heterocycles. The minimum Gasteiger partial charge on any atom is -0.497 e. The van der Waals surface area contributed by atoms with Gasteiger partial charge in [-0.25, -0.2) is 9.97 Å². The number of carbonyl (C=O) groups excluding carboxylic acids is 1. The Bertz CT molecular complexity index is 2620. The number of aryl methyl sites for hydroxylation is 3. The standard InChI is InChI=1S/C22H18N4O.C8H8O2.C7H8N2O2.C7H10N2/c1-13-3-9-17-19(11-13)25-21(23-17)14-4-6-15(7-5-14)22-24-18-10-8-16(27-2)12-20(18)26-22;1-10-8-4-2-7(6-9)3-5-8;1-5-2-3-6(8)7(4-5)9(10)11;1-5-2-3-6(8)7(9)4-5/h3-12H,1-2H3,(H,23,25)(H,24,26);2-6H,1H3;2-4H,8H2,1H3;2-4H,8-9H2,1H3. The van der Waals surface area contributed by atoms with E-state index < -0.39 is 4.92 Å². The molecule has 6 aromatic carbocycles. The summed E-state index contributed by atoms with van der Waals surface area (Å²) >= 11 is 0. The van der Waals surface area contributed by atoms with E-state index in [0.29, 0.717) is 16.9 Å². The molecule has 0 unspecified atom stereocenters. The summed E-state index contributed by atoms with van der Waals surface area (Å²) in [7, 11) is 3.26. The first-order valence-corrected chi connectivity index (χ1v) is 17.7. The maximum atomic E-state index is 10.3. The van der Waals surface area contributed by atoms with Gasteiger partial charge >= 0.3 is 0 Å². The molecule has 13 nitrogen and oxygen atoms in total. The largest absolute Gasteiger partial charge is 0.497 e. The van der Waals surface area contributed by atoms with Crippen molar-refractivity contribution in [2.45, 2.75) is 20.8 Å². The number of H-pyrrole nitrogens is 2. The molecule has 0 fully saturated rings. The molecule has 8 N–H and O–H groups in total. The summed E-state index contributed by atoms with van der Waals surface area (Å²) in [4.78, 5) is 36.1. The fraction of sp³-hybridized carbons (Fsp3) is 0.114. The highest BCUT2D eigenvalue weighted by Crippen LogP contribution is 2.27. The lowest BCUT2D eigenvalue weighted by atomic mass is 10.1. The van der Waals surface area contributed by atoms with E-state index in [1.165, 1.54) is 17.7 Å². The van der Waals surface area contributed by atoms with Crippen molar-refractivity contribution >= 4 is 51.1 Å². The molecule has 57 heavy (non-hydrogen) atoms. The zero-order chi connectivity index (χ0) is 41.1. The van der Waals surface area contributed by atoms with Gasteiger partial charge in [0.2, 0.25) is 0 Å². The Hall–Kier alpha value is -7.67. The van der Waals surface area contributed by atoms with Crippen LogP contribution in [0, 0.1) is 30.9 Å². The smallest absolute Gasteiger partial charge is 0.292 e. The number of ether oxygens (including phenoxy) is 2. The summed E-state index contributed by atoms with van der Waals surface area (Å²) in [6, 6.07) is 37.6. The second kappa shape index (κ2) is 18.6. The summed E-state index contributed by atoms with van der Waals surface area (Å²) in [6.45, 7) is 5.85. The topological polar surface area (TPSA) is 214 Å². The van der Waals surface area contributed by atoms with Crippen molar-refractivity contribution in [2.24, 2.45) is 0 Å². The van der Waals surface area contributed by atoms with Gasteiger partial charge in [-0.2, -0.15) is 0 Å². The fourth-order valence-corrected chi connectivity index (χ4v) is 5.49. The Morgan fingerprint density at radius 1 is 0.579 bits per heavy atom. The van der Waals surface area contributed by atoms with Crippen LogP contribution in [0.4, 0.5) is 22.7 Å². The van der Waals surface area contributed by atoms with E-state index in [0.717, 1.165) is 73.8 Å². The minimum absolute atomic E-state index is 0.0231. The predicted octanol–water partition coefficient (Wildman–Crippen LogP) is 9.24. The minimum atomic E-state index is -0.484. The van der Waals surface area contributed by atoms with Gasteiger partial charge in [0, 0.05) is 28.8 Å². The molecule has 0 saturated carbocycles. The molecule has 0 spiro atoms. The van der Waals surface area contributed by atoms with Gasteiger partial charge in [0.1, 0.15) is 35.1 Å². The van der Waals surface area contributed by atoms with Crippen molar-refractivity contribution in [2.75, 3.05) is 31.4 Å². The number of carbonyl (C=O) groups is 1. The molecular weight excluding hydrogens is 721 g/mol. The van der Waals surface area contributed by atoms with E-state index in [9.17, 15) is 14.9 Å². The van der Waals surface area contributed by atoms with Crippen LogP contribution in [0.1, 0.15) is 27.0 Å². The number of nitro benzene ring substituents is 1. The molecule has 290 valence electrons. The summed E-state index contributed by atoms with van der Waals surface area (Å²) in [5.41, 5.74) is 27.7. The van der Waals surface area contributed by atoms with E-state index >= 15 is 0 Å². The van der Waals surface area contributed by atoms with Crippen molar-refractivity contribution in [3.8, 4) is 34.3 Å². The van der Waals surface area contributed by atoms with Crippen LogP contribution in [0.25, 0.3) is 44.8 Å². The maximum Gasteiger partial charge on any atom is 0.292 e. The molecule has 0 atom stereocenters. The van der Waals surface area contributed by atoms with Crippen LogP contribution < -0.4 is 26.7 Å². The lowest BCUT2D eigenvalue weighted by Crippen LogP contribution is -1.95. The molecule has 0 saturated heterocycles. The zero-order valence-corrected chi connectivity index (χ0v) is 32.2. The number of nitro groups is 1. The lowest BCUT2D eigenvalue weighted by Gasteiger charge is -1.99. The molecule has 8 rings (SSSR count). The second-order valence-corrected chi connectivity index (χ2v) is 13.0. The Kier molecular flexibility index (Phi) is 13.2. The van der Waals surface area contributed by atoms with Crippen molar-refractivity contribution in [3.63, 3.8) is 0 Å². The molecule has 0 aliphatic heterocycles. The second-order valence-electron chi connectivity index (χ2n) is 13.0. The van der Waals surface area contributed by atoms with Crippen LogP contribution in [-0.2, 0) is 0 Å². The average Bonchev–Trinajstić information content (AvgIpc) is 3.85. The van der Waals surface area contributed by atoms with Gasteiger partial charge in [-0.1, -0.05) is 42.5 Å². The number of nitrogen functional groups attached to an aromatic ring is 3. The molecule has 0 amide bonds. The van der Waals surface area contributed by atoms with Crippen LogP contribution in [0.5, 0.6) is 11.5 Å². The number of nitrogens with one attached hydrogen (secondary N) is 2. The summed E-state index contributed by atoms with van der Waals surface area (Å²) in [5, 5.41) is 10.3. The van der Waals surface area contributed by atoms with Crippen molar-refractivity contribution in [3.05, 3.63) is 154 Å². The van der Waals surface area contributed by atoms with E-state index in [-0.39, 0.29) is 11.4 Å². The third kappa shape index (κ3) is 10.7. The maximum absolute atomic E-state index is 10.3. The number of aldehydes is 1. The fourth-order valence-electron chi connectivity index (χ4n) is 5.49. The van der Waals surface area contributed by atoms with Crippen LogP contribution in [0.3, 0.4) is 0 Å². The molecule has 0 aliphatic rings. The van der Waals surface area contributed by atoms with Crippen molar-refractivity contribution in [1.29, 1.82) is 0 Å². The third-order valence-electron chi connectivity index (χ3n) is 8.64. The Morgan fingerprint density at radius 2 is 1.05 bits per heavy atom. The number of hydrogen-bond donors (Lipinski definition) is 5. The highest BCUT2D eigenvalue weighted by molar-refractivity contribution is 5.82. The summed E-state index contributed by atoms with van der Waals surface area (Å²) in [6.07, 6.45) is 0.805. The van der Waals surface area contributed by atoms with Crippen molar-refractivity contribution in [1.82, 2.24) is 19.9 Å². The van der Waals surface area contributed by atoms with Crippen LogP contribution >= 0.6 is 0 Å². The number of aromatic nitrogens is 4. The number of nitrogens with zero attached hydrogens (tertiary/aromatic N) is 3. The molecule has 0 bridgehead atoms. The first-order valence-electron chi connectivity index (χ1n) is 17.7. The van der Waals surface area contributed by atoms with Gasteiger partial charge in [-0.05, 0) is 104 Å². The van der Waals surface area contributed by atoms with Gasteiger partial charge in [-0.15, -0.1) is 0 Å². The first-order chi connectivity index (χ1) is 27.4. The molecule has 2 heterocycles. The molecular formula is C44H44N8O5. The highest BCUT2D eigenvalue weighted by Gasteiger charge is 2.10. The van der Waals surface area contributed by atoms with E-state index in [2.05, 4.69) is 63.3 Å². The van der Waals surface area contributed by atoms with E-state index in [1.807, 2.05) is 49.4 Å². The normalized spacial score (nSPS) is 10.3. The molecule has 0 radical (unpaired) electrons. The summed E-state index contributed by atoms with van der Waals surface area (Å²) < 4.78 is 10.2. The number of anilines is 3. The SMILES string of the molecule is COc1ccc(C=O)cc1.COc1ccc2nc(-c3ccc(-c4nc5ccc(C)cc5[nH]4)cc3)[nH]c2c1.Cc1ccc(N)c(N)c1.Cc1ccc(N)c([N+](=O)[O-])c1. The van der Waals surface area contributed by atoms with Gasteiger partial charge in [-0.3, -0.25) is 14.9 Å². The highest BCUT2D eigenvalue weighted by atomic mass is 16.6. The molecule has 0 aliphatic carbocycles. The monoisotopic (exact) mass is 764 g/mol. The Labute approximate surface area is 329 Å². The number of aromatic amines is 2. The van der Waals surface area contributed by atoms with Crippen LogP contribution in [-0.4, -0.2) is 45.4 Å². The molecule has 8 aromatic rings. The molecule has 13 heteroatoms. The first kappa shape index (κ1) is 40.5. The van der Waals surface area contributed by atoms with Crippen LogP contribution in [0.15, 0.2) is 121 Å². The predicted molar refractivity (Wildman–Crippen MR) is 229 cm³/mol. The Balaban J connectivity index is 0.000000170. The number of imidazole rings is 2. The number of fused-ring (bicyclic) bond motifs is 2. The van der Waals surface area contributed by atoms with E-state index in [1.54, 1.807) is 51.5 Å². The Morgan fingerprint density at radius 3 is 1.54 bits per heavy atom.